The van der Waals surface area contributed by atoms with E-state index in [4.69, 9.17) is 4.74 Å². The Morgan fingerprint density at radius 1 is 1.42 bits per heavy atom. The predicted molar refractivity (Wildman–Crippen MR) is 80.4 cm³/mol. The number of aromatic nitrogens is 2. The second-order valence-corrected chi connectivity index (χ2v) is 5.24. The zero-order chi connectivity index (χ0) is 14.0. The molecule has 0 saturated heterocycles. The number of nitrogens with one attached hydrogen (secondary N) is 1. The number of nitrogens with zero attached hydrogens (tertiary/aromatic N) is 2. The summed E-state index contributed by atoms with van der Waals surface area (Å²) in [6.07, 6.45) is 0. The minimum atomic E-state index is 0.740. The molecule has 1 aromatic carbocycles. The number of halogens is 1. The summed E-state index contributed by atoms with van der Waals surface area (Å²) in [6.45, 7) is 2.78. The topological polar surface area (TPSA) is 39.1 Å². The van der Waals surface area contributed by atoms with Crippen molar-refractivity contribution in [3.05, 3.63) is 33.9 Å². The molecule has 1 aromatic heterocycles. The Bertz CT molecular complexity index is 593. The van der Waals surface area contributed by atoms with Crippen LogP contribution in [-0.2, 0) is 13.6 Å². The molecule has 0 unspecified atom stereocenters. The maximum atomic E-state index is 5.30. The van der Waals surface area contributed by atoms with Gasteiger partial charge in [0.1, 0.15) is 5.75 Å². The minimum absolute atomic E-state index is 0.740. The molecule has 1 N–H and O–H groups in total. The van der Waals surface area contributed by atoms with Crippen molar-refractivity contribution >= 4 is 15.9 Å². The molecular weight excluding hydrogens is 306 g/mol. The summed E-state index contributed by atoms with van der Waals surface area (Å²) in [4.78, 5) is 0. The van der Waals surface area contributed by atoms with Crippen molar-refractivity contribution in [2.24, 2.45) is 7.05 Å². The first-order valence-corrected chi connectivity index (χ1v) is 6.88. The second-order valence-electron chi connectivity index (χ2n) is 4.45. The molecule has 0 spiro atoms. The van der Waals surface area contributed by atoms with Crippen molar-refractivity contribution in [2.75, 3.05) is 14.2 Å². The van der Waals surface area contributed by atoms with Crippen LogP contribution in [0.15, 0.2) is 22.7 Å². The molecule has 102 valence electrons. The van der Waals surface area contributed by atoms with E-state index >= 15 is 0 Å². The SMILES string of the molecule is CNCc1nn(C)c(-c2ccc(OC)c(C)c2)c1Br. The van der Waals surface area contributed by atoms with Crippen LogP contribution >= 0.6 is 15.9 Å². The van der Waals surface area contributed by atoms with E-state index < -0.39 is 0 Å². The molecule has 0 atom stereocenters. The molecule has 5 heteroatoms. The van der Waals surface area contributed by atoms with Crippen molar-refractivity contribution < 1.29 is 4.74 Å². The van der Waals surface area contributed by atoms with Crippen molar-refractivity contribution in [1.82, 2.24) is 15.1 Å². The molecular formula is C14H18BrN3O. The molecule has 0 radical (unpaired) electrons. The van der Waals surface area contributed by atoms with E-state index in [1.165, 1.54) is 0 Å². The Hall–Kier alpha value is -1.33. The lowest BCUT2D eigenvalue weighted by molar-refractivity contribution is 0.412. The van der Waals surface area contributed by atoms with Crippen LogP contribution in [0, 0.1) is 6.92 Å². The van der Waals surface area contributed by atoms with Gasteiger partial charge in [-0.15, -0.1) is 0 Å². The number of hydrogen-bond acceptors (Lipinski definition) is 3. The third-order valence-electron chi connectivity index (χ3n) is 3.07. The van der Waals surface area contributed by atoms with Gasteiger partial charge >= 0.3 is 0 Å². The van der Waals surface area contributed by atoms with Gasteiger partial charge in [0, 0.05) is 19.2 Å². The van der Waals surface area contributed by atoms with Gasteiger partial charge in [0.15, 0.2) is 0 Å². The molecule has 0 fully saturated rings. The largest absolute Gasteiger partial charge is 0.496 e. The highest BCUT2D eigenvalue weighted by atomic mass is 79.9. The van der Waals surface area contributed by atoms with E-state index in [-0.39, 0.29) is 0 Å². The molecule has 0 saturated carbocycles. The lowest BCUT2D eigenvalue weighted by Crippen LogP contribution is -2.06. The maximum Gasteiger partial charge on any atom is 0.121 e. The Balaban J connectivity index is 2.49. The number of ether oxygens (including phenoxy) is 1. The number of hydrogen-bond donors (Lipinski definition) is 1. The zero-order valence-electron chi connectivity index (χ0n) is 11.6. The number of rotatable bonds is 4. The maximum absolute atomic E-state index is 5.30. The van der Waals surface area contributed by atoms with Gasteiger partial charge in [0.25, 0.3) is 0 Å². The first-order chi connectivity index (χ1) is 9.08. The fourth-order valence-corrected chi connectivity index (χ4v) is 2.88. The molecule has 0 aliphatic rings. The van der Waals surface area contributed by atoms with Crippen molar-refractivity contribution in [1.29, 1.82) is 0 Å². The highest BCUT2D eigenvalue weighted by Gasteiger charge is 2.15. The van der Waals surface area contributed by atoms with E-state index in [1.807, 2.05) is 31.8 Å². The Labute approximate surface area is 121 Å². The van der Waals surface area contributed by atoms with Crippen LogP contribution in [0.5, 0.6) is 5.75 Å². The summed E-state index contributed by atoms with van der Waals surface area (Å²) in [5.41, 5.74) is 4.33. The van der Waals surface area contributed by atoms with Gasteiger partial charge in [-0.2, -0.15) is 5.10 Å². The van der Waals surface area contributed by atoms with E-state index in [2.05, 4.69) is 38.5 Å². The lowest BCUT2D eigenvalue weighted by Gasteiger charge is -2.08. The summed E-state index contributed by atoms with van der Waals surface area (Å²) in [5, 5.41) is 7.65. The molecule has 0 aliphatic carbocycles. The summed E-state index contributed by atoms with van der Waals surface area (Å²) in [7, 11) is 5.56. The summed E-state index contributed by atoms with van der Waals surface area (Å²) in [5.74, 6) is 0.900. The second kappa shape index (κ2) is 5.75. The third-order valence-corrected chi connectivity index (χ3v) is 3.90. The molecule has 0 amide bonds. The minimum Gasteiger partial charge on any atom is -0.496 e. The van der Waals surface area contributed by atoms with Crippen molar-refractivity contribution in [3.8, 4) is 17.0 Å². The molecule has 19 heavy (non-hydrogen) atoms. The Morgan fingerprint density at radius 3 is 2.74 bits per heavy atom. The van der Waals surface area contributed by atoms with Gasteiger partial charge in [-0.3, -0.25) is 4.68 Å². The van der Waals surface area contributed by atoms with E-state index in [9.17, 15) is 0 Å². The lowest BCUT2D eigenvalue weighted by atomic mass is 10.1. The van der Waals surface area contributed by atoms with Crippen LogP contribution in [0.3, 0.4) is 0 Å². The molecule has 0 aliphatic heterocycles. The van der Waals surface area contributed by atoms with Gasteiger partial charge in [0.05, 0.1) is 23.0 Å². The van der Waals surface area contributed by atoms with Crippen LogP contribution in [0.4, 0.5) is 0 Å². The fourth-order valence-electron chi connectivity index (χ4n) is 2.17. The average Bonchev–Trinajstić information content (AvgIpc) is 2.65. The van der Waals surface area contributed by atoms with E-state index in [0.717, 1.165) is 39.3 Å². The van der Waals surface area contributed by atoms with E-state index in [1.54, 1.807) is 7.11 Å². The van der Waals surface area contributed by atoms with Crippen LogP contribution in [-0.4, -0.2) is 23.9 Å². The van der Waals surface area contributed by atoms with Crippen molar-refractivity contribution in [2.45, 2.75) is 13.5 Å². The van der Waals surface area contributed by atoms with Gasteiger partial charge in [-0.05, 0) is 53.7 Å². The first-order valence-electron chi connectivity index (χ1n) is 6.09. The quantitative estimate of drug-likeness (QED) is 0.940. The summed E-state index contributed by atoms with van der Waals surface area (Å²) >= 11 is 3.65. The number of aryl methyl sites for hydroxylation is 2. The Morgan fingerprint density at radius 2 is 2.16 bits per heavy atom. The first kappa shape index (κ1) is 14.1. The van der Waals surface area contributed by atoms with E-state index in [0.29, 0.717) is 0 Å². The normalized spacial score (nSPS) is 10.8. The zero-order valence-corrected chi connectivity index (χ0v) is 13.2. The highest BCUT2D eigenvalue weighted by molar-refractivity contribution is 9.10. The van der Waals surface area contributed by atoms with Gasteiger partial charge in [0.2, 0.25) is 0 Å². The molecule has 0 bridgehead atoms. The van der Waals surface area contributed by atoms with Crippen LogP contribution < -0.4 is 10.1 Å². The summed E-state index contributed by atoms with van der Waals surface area (Å²) in [6, 6.07) is 6.16. The monoisotopic (exact) mass is 323 g/mol. The molecule has 2 rings (SSSR count). The Kier molecular flexibility index (Phi) is 4.27. The molecule has 2 aromatic rings. The predicted octanol–water partition coefficient (Wildman–Crippen LogP) is 2.89. The van der Waals surface area contributed by atoms with Gasteiger partial charge in [-0.1, -0.05) is 0 Å². The van der Waals surface area contributed by atoms with Crippen LogP contribution in [0.2, 0.25) is 0 Å². The van der Waals surface area contributed by atoms with Crippen LogP contribution in [0.25, 0.3) is 11.3 Å². The average molecular weight is 324 g/mol. The molecule has 4 nitrogen and oxygen atoms in total. The van der Waals surface area contributed by atoms with Gasteiger partial charge < -0.3 is 10.1 Å². The smallest absolute Gasteiger partial charge is 0.121 e. The number of benzene rings is 1. The highest BCUT2D eigenvalue weighted by Crippen LogP contribution is 2.33. The molecule has 1 heterocycles. The summed E-state index contributed by atoms with van der Waals surface area (Å²) < 4.78 is 8.23. The van der Waals surface area contributed by atoms with Crippen molar-refractivity contribution in [3.63, 3.8) is 0 Å². The van der Waals surface area contributed by atoms with Gasteiger partial charge in [-0.25, -0.2) is 0 Å². The fraction of sp³-hybridized carbons (Fsp3) is 0.357. The number of methoxy groups -OCH3 is 1. The van der Waals surface area contributed by atoms with Crippen LogP contribution in [0.1, 0.15) is 11.3 Å². The third kappa shape index (κ3) is 2.67. The standard InChI is InChI=1S/C14H18BrN3O/c1-9-7-10(5-6-12(9)19-4)14-13(15)11(8-16-2)17-18(14)3/h5-7,16H,8H2,1-4H3.